The second kappa shape index (κ2) is 9.39. The van der Waals surface area contributed by atoms with Crippen molar-refractivity contribution in [1.82, 2.24) is 0 Å². The van der Waals surface area contributed by atoms with E-state index >= 15 is 0 Å². The normalized spacial score (nSPS) is 11.2. The number of anilines is 2. The number of carbonyl (C=O) groups excluding carboxylic acids is 1. The van der Waals surface area contributed by atoms with Crippen molar-refractivity contribution >= 4 is 50.2 Å². The van der Waals surface area contributed by atoms with Gasteiger partial charge in [0.15, 0.2) is 0 Å². The number of rotatable bonds is 6. The zero-order valence-corrected chi connectivity index (χ0v) is 20.3. The van der Waals surface area contributed by atoms with Crippen molar-refractivity contribution in [2.75, 3.05) is 16.7 Å². The van der Waals surface area contributed by atoms with Gasteiger partial charge in [0.2, 0.25) is 0 Å². The molecule has 5 nitrogen and oxygen atoms in total. The maximum absolute atomic E-state index is 13.8. The van der Waals surface area contributed by atoms with E-state index in [2.05, 4.69) is 5.32 Å². The number of nitrogens with one attached hydrogen (secondary N) is 1. The summed E-state index contributed by atoms with van der Waals surface area (Å²) in [5.74, 6) is -0.536. The quantitative estimate of drug-likeness (QED) is 0.333. The number of para-hydroxylation sites is 1. The molecule has 8 heteroatoms. The predicted octanol–water partition coefficient (Wildman–Crippen LogP) is 6.45. The van der Waals surface area contributed by atoms with Gasteiger partial charge in [-0.15, -0.1) is 11.3 Å². The van der Waals surface area contributed by atoms with Gasteiger partial charge >= 0.3 is 0 Å². The molecule has 4 aromatic rings. The second-order valence-electron chi connectivity index (χ2n) is 7.42. The maximum Gasteiger partial charge on any atom is 0.267 e. The van der Waals surface area contributed by atoms with Gasteiger partial charge in [-0.1, -0.05) is 71.8 Å². The van der Waals surface area contributed by atoms with Crippen molar-refractivity contribution in [3.05, 3.63) is 99.7 Å². The van der Waals surface area contributed by atoms with Crippen molar-refractivity contribution in [1.29, 1.82) is 0 Å². The molecule has 0 radical (unpaired) electrons. The molecule has 0 spiro atoms. The number of hydrogen-bond acceptors (Lipinski definition) is 4. The summed E-state index contributed by atoms with van der Waals surface area (Å²) in [6, 6.07) is 23.2. The van der Waals surface area contributed by atoms with Gasteiger partial charge in [-0.05, 0) is 36.8 Å². The Kier molecular flexibility index (Phi) is 6.56. The summed E-state index contributed by atoms with van der Waals surface area (Å²) in [4.78, 5) is 13.3. The average molecular weight is 497 g/mol. The Labute approximate surface area is 202 Å². The lowest BCUT2D eigenvalue weighted by atomic mass is 10.1. The zero-order chi connectivity index (χ0) is 23.6. The van der Waals surface area contributed by atoms with E-state index in [1.807, 2.05) is 49.4 Å². The van der Waals surface area contributed by atoms with Crippen molar-refractivity contribution in [2.24, 2.45) is 0 Å². The number of hydrogen-bond donors (Lipinski definition) is 1. The lowest BCUT2D eigenvalue weighted by Gasteiger charge is -2.21. The summed E-state index contributed by atoms with van der Waals surface area (Å²) in [6.45, 7) is 1.93. The summed E-state index contributed by atoms with van der Waals surface area (Å²) in [5, 5.41) is 4.82. The fraction of sp³-hybridized carbons (Fsp3) is 0.0800. The van der Waals surface area contributed by atoms with Crippen LogP contribution < -0.4 is 9.62 Å². The summed E-state index contributed by atoms with van der Waals surface area (Å²) in [5.41, 5.74) is 3.12. The Morgan fingerprint density at radius 1 is 0.939 bits per heavy atom. The third kappa shape index (κ3) is 4.66. The summed E-state index contributed by atoms with van der Waals surface area (Å²) >= 11 is 7.28. The van der Waals surface area contributed by atoms with Crippen LogP contribution in [0.3, 0.4) is 0 Å². The van der Waals surface area contributed by atoms with E-state index in [9.17, 15) is 13.2 Å². The molecule has 0 unspecified atom stereocenters. The van der Waals surface area contributed by atoms with Crippen LogP contribution in [0.1, 0.15) is 15.2 Å². The summed E-state index contributed by atoms with van der Waals surface area (Å²) < 4.78 is 28.9. The smallest absolute Gasteiger partial charge is 0.267 e. The van der Waals surface area contributed by atoms with E-state index in [4.69, 9.17) is 11.6 Å². The van der Waals surface area contributed by atoms with Gasteiger partial charge < -0.3 is 5.32 Å². The van der Waals surface area contributed by atoms with Crippen molar-refractivity contribution in [3.8, 4) is 11.1 Å². The summed E-state index contributed by atoms with van der Waals surface area (Å²) in [6.07, 6.45) is 0. The number of carbonyl (C=O) groups is 1. The Bertz CT molecular complexity index is 1400. The van der Waals surface area contributed by atoms with Crippen molar-refractivity contribution in [3.63, 3.8) is 0 Å². The second-order valence-corrected chi connectivity index (χ2v) is 10.6. The van der Waals surface area contributed by atoms with Crippen LogP contribution in [0.4, 0.5) is 11.4 Å². The molecule has 0 saturated heterocycles. The minimum absolute atomic E-state index is 0.0358. The molecule has 0 aliphatic carbocycles. The van der Waals surface area contributed by atoms with E-state index in [1.165, 1.54) is 11.4 Å². The maximum atomic E-state index is 13.8. The minimum atomic E-state index is -4.07. The van der Waals surface area contributed by atoms with E-state index in [-0.39, 0.29) is 9.77 Å². The number of sulfonamides is 1. The first kappa shape index (κ1) is 23.0. The highest BCUT2D eigenvalue weighted by molar-refractivity contribution is 7.93. The Morgan fingerprint density at radius 3 is 2.24 bits per heavy atom. The van der Waals surface area contributed by atoms with E-state index in [1.54, 1.807) is 41.8 Å². The molecular weight excluding hydrogens is 476 g/mol. The molecule has 0 aliphatic heterocycles. The predicted molar refractivity (Wildman–Crippen MR) is 136 cm³/mol. The molecule has 1 heterocycles. The van der Waals surface area contributed by atoms with Crippen LogP contribution in [0.5, 0.6) is 0 Å². The standard InChI is InChI=1S/C25H21ClN2O3S2/c1-17-12-14-19(15-13-17)28(2)33(30,31)24-20(18-8-4-3-5-9-18)16-32-23(24)25(29)27-22-11-7-6-10-21(22)26/h3-16H,1-2H3,(H,27,29). The van der Waals surface area contributed by atoms with Gasteiger partial charge in [0.05, 0.1) is 16.4 Å². The molecule has 1 amide bonds. The molecule has 168 valence electrons. The number of halogens is 1. The number of benzene rings is 3. The van der Waals surface area contributed by atoms with Gasteiger partial charge in [0.25, 0.3) is 15.9 Å². The Morgan fingerprint density at radius 2 is 1.58 bits per heavy atom. The van der Waals surface area contributed by atoms with Crippen LogP contribution in [0.15, 0.2) is 89.1 Å². The van der Waals surface area contributed by atoms with Crippen LogP contribution in [-0.2, 0) is 10.0 Å². The fourth-order valence-electron chi connectivity index (χ4n) is 3.35. The molecule has 0 bridgehead atoms. The number of thiophene rings is 1. The molecule has 1 N–H and O–H groups in total. The highest BCUT2D eigenvalue weighted by Gasteiger charge is 2.32. The molecular formula is C25H21ClN2O3S2. The topological polar surface area (TPSA) is 66.5 Å². The van der Waals surface area contributed by atoms with Crippen LogP contribution >= 0.6 is 22.9 Å². The molecule has 3 aromatic carbocycles. The third-order valence-corrected chi connectivity index (χ3v) is 8.48. The van der Waals surface area contributed by atoms with Gasteiger partial charge in [-0.25, -0.2) is 8.42 Å². The minimum Gasteiger partial charge on any atom is -0.320 e. The first-order valence-electron chi connectivity index (χ1n) is 10.1. The molecule has 0 aliphatic rings. The van der Waals surface area contributed by atoms with Gasteiger partial charge in [-0.3, -0.25) is 9.10 Å². The fourth-order valence-corrected chi connectivity index (χ4v) is 6.39. The molecule has 0 atom stereocenters. The Hall–Kier alpha value is -3.13. The van der Waals surface area contributed by atoms with E-state index < -0.39 is 15.9 Å². The van der Waals surface area contributed by atoms with Crippen LogP contribution in [-0.4, -0.2) is 21.4 Å². The Balaban J connectivity index is 1.84. The summed E-state index contributed by atoms with van der Waals surface area (Å²) in [7, 11) is -2.58. The van der Waals surface area contributed by atoms with Gasteiger partial charge in [0.1, 0.15) is 9.77 Å². The largest absolute Gasteiger partial charge is 0.320 e. The number of amides is 1. The van der Waals surface area contributed by atoms with Crippen LogP contribution in [0.2, 0.25) is 5.02 Å². The molecule has 4 rings (SSSR count). The van der Waals surface area contributed by atoms with Crippen molar-refractivity contribution in [2.45, 2.75) is 11.8 Å². The molecule has 0 saturated carbocycles. The lowest BCUT2D eigenvalue weighted by molar-refractivity contribution is 0.102. The van der Waals surface area contributed by atoms with Gasteiger partial charge in [0, 0.05) is 18.0 Å². The SMILES string of the molecule is Cc1ccc(N(C)S(=O)(=O)c2c(-c3ccccc3)csc2C(=O)Nc2ccccc2Cl)cc1. The van der Waals surface area contributed by atoms with E-state index in [0.29, 0.717) is 27.5 Å². The van der Waals surface area contributed by atoms with Crippen LogP contribution in [0.25, 0.3) is 11.1 Å². The molecule has 0 fully saturated rings. The van der Waals surface area contributed by atoms with Gasteiger partial charge in [-0.2, -0.15) is 0 Å². The highest BCUT2D eigenvalue weighted by atomic mass is 35.5. The first-order valence-corrected chi connectivity index (χ1v) is 12.8. The number of nitrogens with zero attached hydrogens (tertiary/aromatic N) is 1. The van der Waals surface area contributed by atoms with Crippen LogP contribution in [0, 0.1) is 6.92 Å². The number of aryl methyl sites for hydroxylation is 1. The highest BCUT2D eigenvalue weighted by Crippen LogP contribution is 2.38. The third-order valence-electron chi connectivity index (χ3n) is 5.17. The molecule has 33 heavy (non-hydrogen) atoms. The monoisotopic (exact) mass is 496 g/mol. The lowest BCUT2D eigenvalue weighted by Crippen LogP contribution is -2.28. The van der Waals surface area contributed by atoms with E-state index in [0.717, 1.165) is 16.9 Å². The van der Waals surface area contributed by atoms with Crippen molar-refractivity contribution < 1.29 is 13.2 Å². The average Bonchev–Trinajstić information content (AvgIpc) is 3.27. The zero-order valence-electron chi connectivity index (χ0n) is 17.9. The first-order chi connectivity index (χ1) is 15.8. The molecule has 1 aromatic heterocycles.